The maximum absolute atomic E-state index is 9.19. The highest BCUT2D eigenvalue weighted by atomic mass is 79.9. The molecule has 1 unspecified atom stereocenters. The lowest BCUT2D eigenvalue weighted by Gasteiger charge is -2.05. The minimum absolute atomic E-state index is 0.530. The monoisotopic (exact) mass is 279 g/mol. The third-order valence-electron chi connectivity index (χ3n) is 1.23. The standard InChI is InChI=1S/C7H7Br2NO/c1-4(11)7-6(9)2-5(8)3-10-7/h2-4,11H,1H3. The highest BCUT2D eigenvalue weighted by molar-refractivity contribution is 9.11. The van der Waals surface area contributed by atoms with Crippen molar-refractivity contribution in [2.45, 2.75) is 13.0 Å². The predicted molar refractivity (Wildman–Crippen MR) is 50.3 cm³/mol. The second-order valence-corrected chi connectivity index (χ2v) is 3.97. The molecule has 0 aliphatic heterocycles. The van der Waals surface area contributed by atoms with Gasteiger partial charge in [0.05, 0.1) is 11.8 Å². The van der Waals surface area contributed by atoms with E-state index < -0.39 is 6.10 Å². The smallest absolute Gasteiger partial charge is 0.0943 e. The van der Waals surface area contributed by atoms with Crippen molar-refractivity contribution in [2.24, 2.45) is 0 Å². The van der Waals surface area contributed by atoms with Gasteiger partial charge in [0.25, 0.3) is 0 Å². The molecule has 0 aliphatic carbocycles. The molecular formula is C7H7Br2NO. The zero-order chi connectivity index (χ0) is 8.43. The Balaban J connectivity index is 3.09. The summed E-state index contributed by atoms with van der Waals surface area (Å²) in [5.74, 6) is 0. The van der Waals surface area contributed by atoms with Gasteiger partial charge in [-0.1, -0.05) is 0 Å². The Labute approximate surface area is 81.9 Å². The fourth-order valence-corrected chi connectivity index (χ4v) is 2.05. The van der Waals surface area contributed by atoms with Gasteiger partial charge in [0.1, 0.15) is 0 Å². The molecule has 0 saturated carbocycles. The number of hydrogen-bond donors (Lipinski definition) is 1. The van der Waals surface area contributed by atoms with Crippen LogP contribution >= 0.6 is 31.9 Å². The van der Waals surface area contributed by atoms with Crippen LogP contribution in [0.1, 0.15) is 18.7 Å². The lowest BCUT2D eigenvalue weighted by atomic mass is 10.2. The van der Waals surface area contributed by atoms with Crippen molar-refractivity contribution < 1.29 is 5.11 Å². The predicted octanol–water partition coefficient (Wildman–Crippen LogP) is 2.66. The van der Waals surface area contributed by atoms with Gasteiger partial charge in [-0.15, -0.1) is 0 Å². The van der Waals surface area contributed by atoms with E-state index in [2.05, 4.69) is 36.8 Å². The number of aromatic nitrogens is 1. The summed E-state index contributed by atoms with van der Waals surface area (Å²) in [7, 11) is 0. The molecule has 0 bridgehead atoms. The van der Waals surface area contributed by atoms with Crippen LogP contribution in [0.15, 0.2) is 21.2 Å². The summed E-state index contributed by atoms with van der Waals surface area (Å²) in [6.07, 6.45) is 1.13. The average molecular weight is 281 g/mol. The van der Waals surface area contributed by atoms with E-state index in [1.54, 1.807) is 13.1 Å². The highest BCUT2D eigenvalue weighted by Crippen LogP contribution is 2.23. The van der Waals surface area contributed by atoms with Crippen molar-refractivity contribution in [1.82, 2.24) is 4.98 Å². The van der Waals surface area contributed by atoms with Crippen LogP contribution in [0.3, 0.4) is 0 Å². The number of aliphatic hydroxyl groups excluding tert-OH is 1. The molecule has 1 aromatic heterocycles. The van der Waals surface area contributed by atoms with Crippen LogP contribution in [-0.4, -0.2) is 10.1 Å². The maximum atomic E-state index is 9.19. The topological polar surface area (TPSA) is 33.1 Å². The van der Waals surface area contributed by atoms with Crippen molar-refractivity contribution in [3.63, 3.8) is 0 Å². The Morgan fingerprint density at radius 3 is 2.64 bits per heavy atom. The van der Waals surface area contributed by atoms with E-state index in [1.165, 1.54) is 0 Å². The molecule has 0 fully saturated rings. The zero-order valence-corrected chi connectivity index (χ0v) is 9.05. The van der Waals surface area contributed by atoms with Gasteiger partial charge >= 0.3 is 0 Å². The van der Waals surface area contributed by atoms with E-state index in [9.17, 15) is 5.11 Å². The fraction of sp³-hybridized carbons (Fsp3) is 0.286. The van der Waals surface area contributed by atoms with Crippen molar-refractivity contribution in [3.8, 4) is 0 Å². The van der Waals surface area contributed by atoms with Crippen LogP contribution in [0.5, 0.6) is 0 Å². The van der Waals surface area contributed by atoms with Crippen molar-refractivity contribution in [2.75, 3.05) is 0 Å². The Morgan fingerprint density at radius 1 is 1.55 bits per heavy atom. The Hall–Kier alpha value is 0.0700. The molecule has 1 N–H and O–H groups in total. The van der Waals surface area contributed by atoms with Crippen LogP contribution < -0.4 is 0 Å². The average Bonchev–Trinajstić information content (AvgIpc) is 1.85. The van der Waals surface area contributed by atoms with E-state index in [4.69, 9.17) is 0 Å². The summed E-state index contributed by atoms with van der Waals surface area (Å²) in [4.78, 5) is 4.03. The molecule has 0 aliphatic rings. The van der Waals surface area contributed by atoms with Gasteiger partial charge in [-0.25, -0.2) is 0 Å². The molecule has 1 atom stereocenters. The summed E-state index contributed by atoms with van der Waals surface area (Å²) in [6, 6.07) is 1.86. The molecule has 0 radical (unpaired) electrons. The van der Waals surface area contributed by atoms with Crippen LogP contribution in [0.25, 0.3) is 0 Å². The Kier molecular flexibility index (Phi) is 3.04. The minimum Gasteiger partial charge on any atom is -0.387 e. The molecule has 1 rings (SSSR count). The van der Waals surface area contributed by atoms with E-state index in [-0.39, 0.29) is 0 Å². The number of nitrogens with zero attached hydrogens (tertiary/aromatic N) is 1. The van der Waals surface area contributed by atoms with E-state index in [0.717, 1.165) is 8.95 Å². The lowest BCUT2D eigenvalue weighted by molar-refractivity contribution is 0.193. The molecule has 60 valence electrons. The molecule has 0 saturated heterocycles. The summed E-state index contributed by atoms with van der Waals surface area (Å²) >= 11 is 6.57. The molecule has 0 spiro atoms. The van der Waals surface area contributed by atoms with Crippen molar-refractivity contribution >= 4 is 31.9 Å². The second kappa shape index (κ2) is 3.65. The van der Waals surface area contributed by atoms with Crippen molar-refractivity contribution in [3.05, 3.63) is 26.9 Å². The summed E-state index contributed by atoms with van der Waals surface area (Å²) in [5.41, 5.74) is 0.660. The third-order valence-corrected chi connectivity index (χ3v) is 2.30. The normalized spacial score (nSPS) is 13.1. The quantitative estimate of drug-likeness (QED) is 0.858. The molecule has 11 heavy (non-hydrogen) atoms. The third kappa shape index (κ3) is 2.25. The van der Waals surface area contributed by atoms with E-state index in [0.29, 0.717) is 5.69 Å². The largest absolute Gasteiger partial charge is 0.387 e. The van der Waals surface area contributed by atoms with Gasteiger partial charge in [0.15, 0.2) is 0 Å². The number of halogens is 2. The molecule has 1 aromatic rings. The van der Waals surface area contributed by atoms with Crippen LogP contribution in [0.4, 0.5) is 0 Å². The Morgan fingerprint density at radius 2 is 2.18 bits per heavy atom. The van der Waals surface area contributed by atoms with Gasteiger partial charge in [-0.2, -0.15) is 0 Å². The number of pyridine rings is 1. The van der Waals surface area contributed by atoms with E-state index in [1.807, 2.05) is 6.07 Å². The van der Waals surface area contributed by atoms with Gasteiger partial charge in [-0.05, 0) is 44.8 Å². The SMILES string of the molecule is CC(O)c1ncc(Br)cc1Br. The summed E-state index contributed by atoms with van der Waals surface area (Å²) < 4.78 is 1.72. The summed E-state index contributed by atoms with van der Waals surface area (Å²) in [5, 5.41) is 9.19. The van der Waals surface area contributed by atoms with Crippen molar-refractivity contribution in [1.29, 1.82) is 0 Å². The van der Waals surface area contributed by atoms with Gasteiger partial charge < -0.3 is 5.11 Å². The Bertz CT molecular complexity index is 263. The van der Waals surface area contributed by atoms with Crippen LogP contribution in [0.2, 0.25) is 0 Å². The fourth-order valence-electron chi connectivity index (χ4n) is 0.733. The first kappa shape index (κ1) is 9.16. The molecule has 1 heterocycles. The molecule has 2 nitrogen and oxygen atoms in total. The van der Waals surface area contributed by atoms with Gasteiger partial charge in [0.2, 0.25) is 0 Å². The molecular weight excluding hydrogens is 274 g/mol. The number of hydrogen-bond acceptors (Lipinski definition) is 2. The van der Waals surface area contributed by atoms with Crippen LogP contribution in [-0.2, 0) is 0 Å². The van der Waals surface area contributed by atoms with Crippen LogP contribution in [0, 0.1) is 0 Å². The maximum Gasteiger partial charge on any atom is 0.0943 e. The highest BCUT2D eigenvalue weighted by Gasteiger charge is 2.06. The molecule has 4 heteroatoms. The first-order chi connectivity index (χ1) is 5.11. The van der Waals surface area contributed by atoms with Gasteiger partial charge in [0, 0.05) is 15.1 Å². The lowest BCUT2D eigenvalue weighted by Crippen LogP contribution is -1.95. The second-order valence-electron chi connectivity index (χ2n) is 2.20. The van der Waals surface area contributed by atoms with E-state index >= 15 is 0 Å². The molecule has 0 aromatic carbocycles. The first-order valence-electron chi connectivity index (χ1n) is 3.10. The molecule has 0 amide bonds. The van der Waals surface area contributed by atoms with Gasteiger partial charge in [-0.3, -0.25) is 4.98 Å². The zero-order valence-electron chi connectivity index (χ0n) is 5.88. The minimum atomic E-state index is -0.530. The first-order valence-corrected chi connectivity index (χ1v) is 4.69. The number of aliphatic hydroxyl groups is 1. The summed E-state index contributed by atoms with van der Waals surface area (Å²) in [6.45, 7) is 1.68. The number of rotatable bonds is 1.